The van der Waals surface area contributed by atoms with Crippen LogP contribution >= 0.6 is 0 Å². The van der Waals surface area contributed by atoms with Crippen molar-refractivity contribution in [3.8, 4) is 5.75 Å². The normalized spacial score (nSPS) is 11.1. The van der Waals surface area contributed by atoms with E-state index in [4.69, 9.17) is 9.29 Å². The Balaban J connectivity index is 2.81. The molecule has 1 N–H and O–H groups in total. The lowest BCUT2D eigenvalue weighted by atomic mass is 10.1. The van der Waals surface area contributed by atoms with Crippen LogP contribution in [0.3, 0.4) is 0 Å². The van der Waals surface area contributed by atoms with Gasteiger partial charge in [-0.1, -0.05) is 12.1 Å². The van der Waals surface area contributed by atoms with Crippen LogP contribution in [0.1, 0.15) is 16.8 Å². The molecule has 0 saturated heterocycles. The molecule has 0 spiro atoms. The Morgan fingerprint density at radius 3 is 2.56 bits per heavy atom. The highest BCUT2D eigenvalue weighted by Gasteiger charge is 2.14. The van der Waals surface area contributed by atoms with E-state index in [0.717, 1.165) is 0 Å². The van der Waals surface area contributed by atoms with Gasteiger partial charge >= 0.3 is 0 Å². The van der Waals surface area contributed by atoms with Crippen LogP contribution in [0.15, 0.2) is 24.3 Å². The zero-order valence-corrected chi connectivity index (χ0v) is 9.53. The van der Waals surface area contributed by atoms with E-state index in [1.54, 1.807) is 24.3 Å². The molecule has 0 bridgehead atoms. The minimum atomic E-state index is -4.11. The van der Waals surface area contributed by atoms with Crippen molar-refractivity contribution in [3.05, 3.63) is 29.8 Å². The van der Waals surface area contributed by atoms with Gasteiger partial charge in [0, 0.05) is 6.42 Å². The number of carbonyl (C=O) groups excluding carboxylic acids is 1. The number of carbonyl (C=O) groups is 1. The van der Waals surface area contributed by atoms with E-state index in [-0.39, 0.29) is 12.2 Å². The second-order valence-corrected chi connectivity index (χ2v) is 4.73. The molecule has 0 aliphatic heterocycles. The number of hydrogen-bond acceptors (Lipinski definition) is 4. The van der Waals surface area contributed by atoms with Crippen molar-refractivity contribution >= 4 is 15.9 Å². The molecule has 0 amide bonds. The summed E-state index contributed by atoms with van der Waals surface area (Å²) in [5.41, 5.74) is 0.314. The predicted molar refractivity (Wildman–Crippen MR) is 58.4 cm³/mol. The Hall–Kier alpha value is -1.40. The maximum Gasteiger partial charge on any atom is 0.265 e. The molecule has 1 rings (SSSR count). The summed E-state index contributed by atoms with van der Waals surface area (Å²) in [5, 5.41) is 0. The molecule has 0 unspecified atom stereocenters. The van der Waals surface area contributed by atoms with E-state index in [1.165, 1.54) is 7.11 Å². The molecule has 6 heteroatoms. The van der Waals surface area contributed by atoms with E-state index in [9.17, 15) is 13.2 Å². The molecule has 1 aromatic rings. The average Bonchev–Trinajstić information content (AvgIpc) is 2.25. The molecular weight excluding hydrogens is 232 g/mol. The fourth-order valence-corrected chi connectivity index (χ4v) is 1.67. The minimum absolute atomic E-state index is 0.265. The fourth-order valence-electron chi connectivity index (χ4n) is 1.23. The standard InChI is InChI=1S/C10H12O5S/c1-15-10-5-3-2-4-8(10)9(11)6-7-16(12,13)14/h2-5H,6-7H2,1H3,(H,12,13,14). The van der Waals surface area contributed by atoms with Crippen LogP contribution < -0.4 is 4.74 Å². The molecule has 0 atom stereocenters. The molecular formula is C10H12O5S. The lowest BCUT2D eigenvalue weighted by Gasteiger charge is -2.06. The van der Waals surface area contributed by atoms with Gasteiger partial charge < -0.3 is 4.74 Å². The lowest BCUT2D eigenvalue weighted by Crippen LogP contribution is -2.10. The number of ketones is 1. The van der Waals surface area contributed by atoms with Gasteiger partial charge in [-0.05, 0) is 12.1 Å². The van der Waals surface area contributed by atoms with Crippen LogP contribution in [-0.4, -0.2) is 31.6 Å². The molecule has 1 aromatic carbocycles. The molecule has 0 radical (unpaired) electrons. The molecule has 0 aliphatic rings. The zero-order valence-electron chi connectivity index (χ0n) is 8.71. The Bertz CT molecular complexity index is 478. The number of hydrogen-bond donors (Lipinski definition) is 1. The quantitative estimate of drug-likeness (QED) is 0.621. The number of Topliss-reactive ketones (excluding diaryl/α,β-unsaturated/α-hetero) is 1. The van der Waals surface area contributed by atoms with Crippen molar-refractivity contribution < 1.29 is 22.5 Å². The highest BCUT2D eigenvalue weighted by atomic mass is 32.2. The number of ether oxygens (including phenoxy) is 1. The molecule has 0 saturated carbocycles. The second kappa shape index (κ2) is 5.09. The van der Waals surface area contributed by atoms with Gasteiger partial charge in [-0.25, -0.2) is 0 Å². The van der Waals surface area contributed by atoms with Crippen molar-refractivity contribution in [2.75, 3.05) is 12.9 Å². The summed E-state index contributed by atoms with van der Waals surface area (Å²) < 4.78 is 34.5. The smallest absolute Gasteiger partial charge is 0.265 e. The Labute approximate surface area is 93.8 Å². The van der Waals surface area contributed by atoms with Gasteiger partial charge in [-0.3, -0.25) is 9.35 Å². The number of methoxy groups -OCH3 is 1. The van der Waals surface area contributed by atoms with Crippen molar-refractivity contribution in [3.63, 3.8) is 0 Å². The van der Waals surface area contributed by atoms with Crippen LogP contribution in [0.5, 0.6) is 5.75 Å². The number of rotatable bonds is 5. The summed E-state index contributed by atoms with van der Waals surface area (Å²) in [6.45, 7) is 0. The van der Waals surface area contributed by atoms with E-state index >= 15 is 0 Å². The Morgan fingerprint density at radius 2 is 2.00 bits per heavy atom. The van der Waals surface area contributed by atoms with E-state index in [0.29, 0.717) is 11.3 Å². The first kappa shape index (κ1) is 12.7. The van der Waals surface area contributed by atoms with Crippen molar-refractivity contribution in [1.29, 1.82) is 0 Å². The topological polar surface area (TPSA) is 80.7 Å². The predicted octanol–water partition coefficient (Wildman–Crippen LogP) is 1.16. The first-order valence-electron chi connectivity index (χ1n) is 4.55. The van der Waals surface area contributed by atoms with Gasteiger partial charge in [0.05, 0.1) is 18.4 Å². The van der Waals surface area contributed by atoms with Gasteiger partial charge in [-0.15, -0.1) is 0 Å². The molecule has 0 aliphatic carbocycles. The Morgan fingerprint density at radius 1 is 1.38 bits per heavy atom. The lowest BCUT2D eigenvalue weighted by molar-refractivity contribution is 0.0985. The third kappa shape index (κ3) is 3.63. The summed E-state index contributed by atoms with van der Waals surface area (Å²) in [5.74, 6) is -0.568. The largest absolute Gasteiger partial charge is 0.496 e. The third-order valence-electron chi connectivity index (χ3n) is 1.99. The molecule has 0 heterocycles. The van der Waals surface area contributed by atoms with Gasteiger partial charge in [0.25, 0.3) is 10.1 Å². The van der Waals surface area contributed by atoms with E-state index in [2.05, 4.69) is 0 Å². The van der Waals surface area contributed by atoms with Gasteiger partial charge in [0.1, 0.15) is 5.75 Å². The summed E-state index contributed by atoms with van der Waals surface area (Å²) in [6.07, 6.45) is -0.265. The molecule has 16 heavy (non-hydrogen) atoms. The SMILES string of the molecule is COc1ccccc1C(=O)CCS(=O)(=O)O. The van der Waals surface area contributed by atoms with Crippen molar-refractivity contribution in [1.82, 2.24) is 0 Å². The molecule has 0 fully saturated rings. The fraction of sp³-hybridized carbons (Fsp3) is 0.300. The van der Waals surface area contributed by atoms with Crippen LogP contribution in [0.4, 0.5) is 0 Å². The van der Waals surface area contributed by atoms with E-state index in [1.807, 2.05) is 0 Å². The summed E-state index contributed by atoms with van der Waals surface area (Å²) in [4.78, 5) is 11.6. The molecule has 0 aromatic heterocycles. The van der Waals surface area contributed by atoms with Crippen molar-refractivity contribution in [2.45, 2.75) is 6.42 Å². The van der Waals surface area contributed by atoms with Crippen LogP contribution in [0.2, 0.25) is 0 Å². The summed E-state index contributed by atoms with van der Waals surface area (Å²) >= 11 is 0. The Kier molecular flexibility index (Phi) is 4.03. The van der Waals surface area contributed by atoms with Gasteiger partial charge in [-0.2, -0.15) is 8.42 Å². The minimum Gasteiger partial charge on any atom is -0.496 e. The summed E-state index contributed by atoms with van der Waals surface area (Å²) in [7, 11) is -2.68. The van der Waals surface area contributed by atoms with Crippen molar-refractivity contribution in [2.24, 2.45) is 0 Å². The van der Waals surface area contributed by atoms with Crippen LogP contribution in [0, 0.1) is 0 Å². The molecule has 88 valence electrons. The maximum atomic E-state index is 11.6. The molecule has 5 nitrogen and oxygen atoms in total. The highest BCUT2D eigenvalue weighted by molar-refractivity contribution is 7.85. The zero-order chi connectivity index (χ0) is 12.2. The third-order valence-corrected chi connectivity index (χ3v) is 2.71. The van der Waals surface area contributed by atoms with Gasteiger partial charge in [0.2, 0.25) is 0 Å². The maximum absolute atomic E-state index is 11.6. The first-order valence-corrected chi connectivity index (χ1v) is 6.16. The monoisotopic (exact) mass is 244 g/mol. The summed E-state index contributed by atoms with van der Waals surface area (Å²) in [6, 6.07) is 6.52. The van der Waals surface area contributed by atoms with Crippen LogP contribution in [-0.2, 0) is 10.1 Å². The number of para-hydroxylation sites is 1. The number of benzene rings is 1. The van der Waals surface area contributed by atoms with Gasteiger partial charge in [0.15, 0.2) is 5.78 Å². The second-order valence-electron chi connectivity index (χ2n) is 3.16. The highest BCUT2D eigenvalue weighted by Crippen LogP contribution is 2.18. The average molecular weight is 244 g/mol. The first-order chi connectivity index (χ1) is 7.44. The van der Waals surface area contributed by atoms with Crippen LogP contribution in [0.25, 0.3) is 0 Å². The van der Waals surface area contributed by atoms with E-state index < -0.39 is 15.9 Å².